The number of Topliss-reactive ketones (excluding diaryl/α,β-unsaturated/α-hetero) is 1. The molecule has 0 amide bonds. The molecule has 2 rings (SSSR count). The minimum atomic E-state index is 0.0340. The third-order valence-corrected chi connectivity index (χ3v) is 3.40. The first-order valence-electron chi connectivity index (χ1n) is 6.13. The van der Waals surface area contributed by atoms with Crippen molar-refractivity contribution in [1.82, 2.24) is 0 Å². The van der Waals surface area contributed by atoms with E-state index in [2.05, 4.69) is 6.92 Å². The number of hydrogen-bond donors (Lipinski definition) is 0. The van der Waals surface area contributed by atoms with Gasteiger partial charge in [0.1, 0.15) is 5.75 Å². The second-order valence-corrected chi connectivity index (χ2v) is 5.03. The average molecular weight is 253 g/mol. The average Bonchev–Trinajstić information content (AvgIpc) is 2.75. The van der Waals surface area contributed by atoms with Gasteiger partial charge in [0.15, 0.2) is 5.78 Å². The highest BCUT2D eigenvalue weighted by atomic mass is 35.5. The number of ketones is 1. The smallest absolute Gasteiger partial charge is 0.169 e. The van der Waals surface area contributed by atoms with Crippen LogP contribution in [0.1, 0.15) is 42.6 Å². The predicted molar refractivity (Wildman–Crippen MR) is 69.1 cm³/mol. The van der Waals surface area contributed by atoms with Crippen molar-refractivity contribution < 1.29 is 9.53 Å². The lowest BCUT2D eigenvalue weighted by molar-refractivity contribution is 0.0920. The van der Waals surface area contributed by atoms with Crippen molar-refractivity contribution in [3.05, 3.63) is 28.3 Å². The van der Waals surface area contributed by atoms with Crippen LogP contribution in [0.15, 0.2) is 12.1 Å². The van der Waals surface area contributed by atoms with Crippen molar-refractivity contribution in [3.63, 3.8) is 0 Å². The minimum Gasteiger partial charge on any atom is -0.492 e. The Bertz CT molecular complexity index is 440. The Kier molecular flexibility index (Phi) is 3.72. The molecule has 0 bridgehead atoms. The first kappa shape index (κ1) is 12.4. The highest BCUT2D eigenvalue weighted by molar-refractivity contribution is 6.31. The van der Waals surface area contributed by atoms with Crippen molar-refractivity contribution >= 4 is 17.4 Å². The predicted octanol–water partition coefficient (Wildman–Crippen LogP) is 3.89. The molecule has 0 spiro atoms. The van der Waals surface area contributed by atoms with E-state index in [1.807, 2.05) is 13.0 Å². The molecule has 1 atom stereocenters. The number of benzene rings is 1. The van der Waals surface area contributed by atoms with Gasteiger partial charge in [-0.15, -0.1) is 0 Å². The van der Waals surface area contributed by atoms with Crippen molar-refractivity contribution in [2.24, 2.45) is 5.92 Å². The quantitative estimate of drug-likeness (QED) is 0.760. The summed E-state index contributed by atoms with van der Waals surface area (Å²) in [5.41, 5.74) is 1.72. The molecule has 1 aliphatic heterocycles. The maximum absolute atomic E-state index is 12.3. The van der Waals surface area contributed by atoms with Crippen LogP contribution in [0, 0.1) is 5.92 Å². The van der Waals surface area contributed by atoms with Crippen LogP contribution in [0.25, 0.3) is 0 Å². The summed E-state index contributed by atoms with van der Waals surface area (Å²) in [4.78, 5) is 12.3. The van der Waals surface area contributed by atoms with Gasteiger partial charge in [0, 0.05) is 17.4 Å². The number of carbonyl (C=O) groups excluding carboxylic acids is 1. The summed E-state index contributed by atoms with van der Waals surface area (Å²) in [6, 6.07) is 3.63. The molecular weight excluding hydrogens is 236 g/mol. The number of rotatable bonds is 4. The Morgan fingerprint density at radius 2 is 2.29 bits per heavy atom. The fraction of sp³-hybridized carbons (Fsp3) is 0.500. The summed E-state index contributed by atoms with van der Waals surface area (Å²) >= 11 is 6.05. The fourth-order valence-electron chi connectivity index (χ4n) is 2.28. The molecule has 0 saturated carbocycles. The maximum atomic E-state index is 12.3. The summed E-state index contributed by atoms with van der Waals surface area (Å²) in [5, 5.41) is 0.626. The van der Waals surface area contributed by atoms with Crippen molar-refractivity contribution in [1.29, 1.82) is 0 Å². The van der Waals surface area contributed by atoms with E-state index < -0.39 is 0 Å². The summed E-state index contributed by atoms with van der Waals surface area (Å²) in [7, 11) is 0. The van der Waals surface area contributed by atoms with Crippen molar-refractivity contribution in [2.75, 3.05) is 6.61 Å². The van der Waals surface area contributed by atoms with E-state index >= 15 is 0 Å². The van der Waals surface area contributed by atoms with E-state index in [-0.39, 0.29) is 11.7 Å². The normalized spacial score (nSPS) is 15.2. The first-order chi connectivity index (χ1) is 8.13. The molecule has 0 aliphatic carbocycles. The zero-order valence-corrected chi connectivity index (χ0v) is 11.0. The molecule has 1 aromatic carbocycles. The van der Waals surface area contributed by atoms with Crippen LogP contribution in [0.5, 0.6) is 5.75 Å². The Morgan fingerprint density at radius 3 is 3.00 bits per heavy atom. The van der Waals surface area contributed by atoms with E-state index in [9.17, 15) is 4.79 Å². The van der Waals surface area contributed by atoms with Gasteiger partial charge < -0.3 is 4.74 Å². The largest absolute Gasteiger partial charge is 0.492 e. The molecule has 0 radical (unpaired) electrons. The third-order valence-electron chi connectivity index (χ3n) is 3.18. The second-order valence-electron chi connectivity index (χ2n) is 4.59. The Morgan fingerprint density at radius 1 is 1.53 bits per heavy atom. The number of ether oxygens (including phenoxy) is 1. The van der Waals surface area contributed by atoms with Crippen molar-refractivity contribution in [3.8, 4) is 5.75 Å². The molecule has 1 unspecified atom stereocenters. The molecule has 17 heavy (non-hydrogen) atoms. The molecule has 1 heterocycles. The number of hydrogen-bond acceptors (Lipinski definition) is 2. The van der Waals surface area contributed by atoms with Gasteiger partial charge in [-0.1, -0.05) is 31.9 Å². The van der Waals surface area contributed by atoms with E-state index in [1.165, 1.54) is 0 Å². The lowest BCUT2D eigenvalue weighted by Crippen LogP contribution is -2.12. The van der Waals surface area contributed by atoms with Crippen LogP contribution in [0.3, 0.4) is 0 Å². The molecular formula is C14H17ClO2. The molecule has 0 aromatic heterocycles. The van der Waals surface area contributed by atoms with Gasteiger partial charge in [-0.05, 0) is 24.1 Å². The van der Waals surface area contributed by atoms with Gasteiger partial charge in [0.05, 0.1) is 12.2 Å². The van der Waals surface area contributed by atoms with Gasteiger partial charge in [-0.25, -0.2) is 0 Å². The van der Waals surface area contributed by atoms with Crippen molar-refractivity contribution in [2.45, 2.75) is 33.1 Å². The minimum absolute atomic E-state index is 0.0340. The topological polar surface area (TPSA) is 26.3 Å². The SMILES string of the molecule is CCCC(C)C(=O)c1cc(Cl)cc2c1OCC2. The van der Waals surface area contributed by atoms with Crippen LogP contribution in [0.4, 0.5) is 0 Å². The van der Waals surface area contributed by atoms with Crippen LogP contribution < -0.4 is 4.74 Å². The number of fused-ring (bicyclic) bond motifs is 1. The Balaban J connectivity index is 2.35. The van der Waals surface area contributed by atoms with Gasteiger partial charge in [0.2, 0.25) is 0 Å². The number of halogens is 1. The fourth-order valence-corrected chi connectivity index (χ4v) is 2.52. The molecule has 2 nitrogen and oxygen atoms in total. The van der Waals surface area contributed by atoms with E-state index in [0.717, 1.165) is 30.6 Å². The monoisotopic (exact) mass is 252 g/mol. The maximum Gasteiger partial charge on any atom is 0.169 e. The van der Waals surface area contributed by atoms with Crippen LogP contribution >= 0.6 is 11.6 Å². The van der Waals surface area contributed by atoms with Crippen LogP contribution in [-0.4, -0.2) is 12.4 Å². The molecule has 0 fully saturated rings. The molecule has 0 saturated heterocycles. The van der Waals surface area contributed by atoms with Gasteiger partial charge in [-0.3, -0.25) is 4.79 Å². The van der Waals surface area contributed by atoms with E-state index in [4.69, 9.17) is 16.3 Å². The molecule has 92 valence electrons. The summed E-state index contributed by atoms with van der Waals surface area (Å²) in [6.07, 6.45) is 2.76. The lowest BCUT2D eigenvalue weighted by atomic mass is 9.93. The van der Waals surface area contributed by atoms with Crippen LogP contribution in [-0.2, 0) is 6.42 Å². The van der Waals surface area contributed by atoms with Gasteiger partial charge in [0.25, 0.3) is 0 Å². The highest BCUT2D eigenvalue weighted by Crippen LogP contribution is 2.34. The summed E-state index contributed by atoms with van der Waals surface area (Å²) < 4.78 is 5.55. The Hall–Kier alpha value is -1.02. The lowest BCUT2D eigenvalue weighted by Gasteiger charge is -2.12. The van der Waals surface area contributed by atoms with E-state index in [1.54, 1.807) is 6.07 Å². The zero-order valence-electron chi connectivity index (χ0n) is 10.3. The van der Waals surface area contributed by atoms with Gasteiger partial charge in [-0.2, -0.15) is 0 Å². The molecule has 3 heteroatoms. The van der Waals surface area contributed by atoms with Gasteiger partial charge >= 0.3 is 0 Å². The summed E-state index contributed by atoms with van der Waals surface area (Å²) in [5.74, 6) is 0.932. The standard InChI is InChI=1S/C14H17ClO2/c1-3-4-9(2)13(16)12-8-11(15)7-10-5-6-17-14(10)12/h7-9H,3-6H2,1-2H3. The highest BCUT2D eigenvalue weighted by Gasteiger charge is 2.24. The summed E-state index contributed by atoms with van der Waals surface area (Å²) in [6.45, 7) is 4.70. The van der Waals surface area contributed by atoms with E-state index in [0.29, 0.717) is 17.2 Å². The third kappa shape index (κ3) is 2.47. The molecule has 1 aromatic rings. The molecule has 0 N–H and O–H groups in total. The second kappa shape index (κ2) is 5.09. The number of carbonyl (C=O) groups is 1. The first-order valence-corrected chi connectivity index (χ1v) is 6.50. The zero-order chi connectivity index (χ0) is 12.4. The van der Waals surface area contributed by atoms with Crippen LogP contribution in [0.2, 0.25) is 5.02 Å². The molecule has 1 aliphatic rings. The Labute approximate surface area is 107 Å².